The third-order valence-corrected chi connectivity index (χ3v) is 4.90. The highest BCUT2D eigenvalue weighted by Gasteiger charge is 2.39. The molecule has 0 aromatic rings. The molecule has 2 N–H and O–H groups in total. The number of likely N-dealkylation sites (tertiary alicyclic amines) is 1. The molecule has 4 unspecified atom stereocenters. The van der Waals surface area contributed by atoms with Crippen molar-refractivity contribution in [1.29, 1.82) is 0 Å². The molecule has 0 bridgehead atoms. The van der Waals surface area contributed by atoms with Crippen LogP contribution in [0.3, 0.4) is 0 Å². The van der Waals surface area contributed by atoms with Gasteiger partial charge in [0, 0.05) is 38.8 Å². The zero-order chi connectivity index (χ0) is 15.6. The second kappa shape index (κ2) is 6.75. The number of rotatable bonds is 3. The third-order valence-electron chi connectivity index (χ3n) is 4.90. The molecular weight excluding hydrogens is 268 g/mol. The van der Waals surface area contributed by atoms with E-state index in [2.05, 4.69) is 29.4 Å². The van der Waals surface area contributed by atoms with Gasteiger partial charge < -0.3 is 15.5 Å². The highest BCUT2D eigenvalue weighted by Crippen LogP contribution is 2.27. The van der Waals surface area contributed by atoms with Crippen LogP contribution in [0, 0.1) is 0 Å². The van der Waals surface area contributed by atoms with Crippen molar-refractivity contribution in [3.05, 3.63) is 0 Å². The van der Waals surface area contributed by atoms with Crippen LogP contribution in [0.25, 0.3) is 0 Å². The van der Waals surface area contributed by atoms with Crippen LogP contribution < -0.4 is 10.6 Å². The van der Waals surface area contributed by atoms with Crippen LogP contribution in [0.4, 0.5) is 0 Å². The molecule has 21 heavy (non-hydrogen) atoms. The average Bonchev–Trinajstić information content (AvgIpc) is 2.84. The van der Waals surface area contributed by atoms with Crippen molar-refractivity contribution >= 4 is 11.8 Å². The van der Waals surface area contributed by atoms with Crippen molar-refractivity contribution in [2.24, 2.45) is 0 Å². The fourth-order valence-corrected chi connectivity index (χ4v) is 3.71. The number of piperazine rings is 1. The summed E-state index contributed by atoms with van der Waals surface area (Å²) in [5, 5.41) is 5.85. The third kappa shape index (κ3) is 3.21. The molecule has 2 heterocycles. The second-order valence-electron chi connectivity index (χ2n) is 6.26. The standard InChI is InChI=1S/C15H28N4O2/c1-10-5-6-11(2)19(10)12(3)15(21)18-8-7-17-9-13(18)14(20)16-4/h10-13,17H,5-9H2,1-4H3,(H,16,20). The molecule has 6 heteroatoms. The van der Waals surface area contributed by atoms with E-state index in [0.717, 1.165) is 19.4 Å². The molecule has 2 aliphatic rings. The monoisotopic (exact) mass is 296 g/mol. The maximum absolute atomic E-state index is 12.9. The Kier molecular flexibility index (Phi) is 5.22. The normalized spacial score (nSPS) is 32.0. The van der Waals surface area contributed by atoms with E-state index in [1.165, 1.54) is 0 Å². The number of nitrogens with one attached hydrogen (secondary N) is 2. The van der Waals surface area contributed by atoms with Gasteiger partial charge in [-0.15, -0.1) is 0 Å². The summed E-state index contributed by atoms with van der Waals surface area (Å²) >= 11 is 0. The molecule has 120 valence electrons. The lowest BCUT2D eigenvalue weighted by atomic mass is 10.1. The van der Waals surface area contributed by atoms with Crippen molar-refractivity contribution in [2.45, 2.75) is 57.8 Å². The van der Waals surface area contributed by atoms with Gasteiger partial charge in [0.2, 0.25) is 11.8 Å². The Morgan fingerprint density at radius 2 is 1.86 bits per heavy atom. The fourth-order valence-electron chi connectivity index (χ4n) is 3.71. The van der Waals surface area contributed by atoms with Gasteiger partial charge in [-0.2, -0.15) is 0 Å². The molecule has 4 atom stereocenters. The predicted octanol–water partition coefficient (Wildman–Crippen LogP) is -0.206. The largest absolute Gasteiger partial charge is 0.357 e. The maximum atomic E-state index is 12.9. The first-order chi connectivity index (χ1) is 9.97. The van der Waals surface area contributed by atoms with E-state index in [-0.39, 0.29) is 17.9 Å². The first-order valence-electron chi connectivity index (χ1n) is 7.97. The van der Waals surface area contributed by atoms with Gasteiger partial charge in [-0.1, -0.05) is 0 Å². The highest BCUT2D eigenvalue weighted by atomic mass is 16.2. The molecule has 2 rings (SSSR count). The van der Waals surface area contributed by atoms with Gasteiger partial charge in [0.05, 0.1) is 6.04 Å². The lowest BCUT2D eigenvalue weighted by Gasteiger charge is -2.40. The van der Waals surface area contributed by atoms with Crippen molar-refractivity contribution < 1.29 is 9.59 Å². The Morgan fingerprint density at radius 3 is 2.43 bits per heavy atom. The number of hydrogen-bond donors (Lipinski definition) is 2. The minimum atomic E-state index is -0.396. The van der Waals surface area contributed by atoms with Crippen LogP contribution in [0.15, 0.2) is 0 Å². The summed E-state index contributed by atoms with van der Waals surface area (Å²) in [6.45, 7) is 8.21. The second-order valence-corrected chi connectivity index (χ2v) is 6.26. The van der Waals surface area contributed by atoms with Crippen LogP contribution >= 0.6 is 0 Å². The predicted molar refractivity (Wildman–Crippen MR) is 81.9 cm³/mol. The molecule has 2 aliphatic heterocycles. The quantitative estimate of drug-likeness (QED) is 0.757. The van der Waals surface area contributed by atoms with Crippen molar-refractivity contribution in [3.63, 3.8) is 0 Å². The highest BCUT2D eigenvalue weighted by molar-refractivity contribution is 5.90. The zero-order valence-electron chi connectivity index (χ0n) is 13.6. The van der Waals surface area contributed by atoms with Crippen LogP contribution in [0.2, 0.25) is 0 Å². The van der Waals surface area contributed by atoms with E-state index in [1.54, 1.807) is 11.9 Å². The SMILES string of the molecule is CNC(=O)C1CNCCN1C(=O)C(C)N1C(C)CCC1C. The Bertz CT molecular complexity index is 391. The Hall–Kier alpha value is -1.14. The molecule has 2 fully saturated rings. The summed E-state index contributed by atoms with van der Waals surface area (Å²) < 4.78 is 0. The number of likely N-dealkylation sites (N-methyl/N-ethyl adjacent to an activating group) is 1. The average molecular weight is 296 g/mol. The van der Waals surface area contributed by atoms with E-state index in [9.17, 15) is 9.59 Å². The van der Waals surface area contributed by atoms with Crippen LogP contribution in [0.1, 0.15) is 33.6 Å². The Balaban J connectivity index is 2.11. The van der Waals surface area contributed by atoms with E-state index < -0.39 is 6.04 Å². The van der Waals surface area contributed by atoms with Crippen LogP contribution in [-0.2, 0) is 9.59 Å². The Labute approximate surface area is 127 Å². The maximum Gasteiger partial charge on any atom is 0.243 e. The summed E-state index contributed by atoms with van der Waals surface area (Å²) in [4.78, 5) is 28.9. The number of carbonyl (C=O) groups is 2. The minimum absolute atomic E-state index is 0.0747. The Morgan fingerprint density at radius 1 is 1.24 bits per heavy atom. The first kappa shape index (κ1) is 16.2. The number of nitrogens with zero attached hydrogens (tertiary/aromatic N) is 2. The molecule has 0 saturated carbocycles. The van der Waals surface area contributed by atoms with Crippen molar-refractivity contribution in [3.8, 4) is 0 Å². The van der Waals surface area contributed by atoms with Gasteiger partial charge in [-0.25, -0.2) is 0 Å². The summed E-state index contributed by atoms with van der Waals surface area (Å²) in [5.41, 5.74) is 0. The summed E-state index contributed by atoms with van der Waals surface area (Å²) in [6, 6.07) is 0.301. The molecule has 0 aliphatic carbocycles. The number of hydrogen-bond acceptors (Lipinski definition) is 4. The van der Waals surface area contributed by atoms with Gasteiger partial charge in [0.1, 0.15) is 6.04 Å². The topological polar surface area (TPSA) is 64.7 Å². The van der Waals surface area contributed by atoms with Crippen LogP contribution in [-0.4, -0.2) is 72.5 Å². The lowest BCUT2D eigenvalue weighted by molar-refractivity contribution is -0.146. The molecule has 2 amide bonds. The molecule has 0 spiro atoms. The summed E-state index contributed by atoms with van der Waals surface area (Å²) in [7, 11) is 1.62. The molecule has 0 aromatic heterocycles. The van der Waals surface area contributed by atoms with E-state index >= 15 is 0 Å². The van der Waals surface area contributed by atoms with Gasteiger partial charge in [0.15, 0.2) is 0 Å². The first-order valence-corrected chi connectivity index (χ1v) is 7.97. The number of carbonyl (C=O) groups excluding carboxylic acids is 2. The minimum Gasteiger partial charge on any atom is -0.357 e. The van der Waals surface area contributed by atoms with Gasteiger partial charge in [0.25, 0.3) is 0 Å². The van der Waals surface area contributed by atoms with Gasteiger partial charge in [-0.05, 0) is 33.6 Å². The van der Waals surface area contributed by atoms with Gasteiger partial charge in [-0.3, -0.25) is 14.5 Å². The van der Waals surface area contributed by atoms with E-state index in [0.29, 0.717) is 25.2 Å². The molecule has 0 aromatic carbocycles. The summed E-state index contributed by atoms with van der Waals surface area (Å²) in [6.07, 6.45) is 2.28. The van der Waals surface area contributed by atoms with E-state index in [1.807, 2.05) is 6.92 Å². The molecule has 0 radical (unpaired) electrons. The van der Waals surface area contributed by atoms with E-state index in [4.69, 9.17) is 0 Å². The smallest absolute Gasteiger partial charge is 0.243 e. The zero-order valence-corrected chi connectivity index (χ0v) is 13.6. The number of amides is 2. The molecular formula is C15H28N4O2. The fraction of sp³-hybridized carbons (Fsp3) is 0.867. The van der Waals surface area contributed by atoms with Gasteiger partial charge >= 0.3 is 0 Å². The molecule has 6 nitrogen and oxygen atoms in total. The lowest BCUT2D eigenvalue weighted by Crippen LogP contribution is -2.62. The van der Waals surface area contributed by atoms with Crippen molar-refractivity contribution in [2.75, 3.05) is 26.7 Å². The van der Waals surface area contributed by atoms with Crippen LogP contribution in [0.5, 0.6) is 0 Å². The molecule has 2 saturated heterocycles. The summed E-state index contributed by atoms with van der Waals surface area (Å²) in [5.74, 6) is -0.0176. The van der Waals surface area contributed by atoms with Crippen molar-refractivity contribution in [1.82, 2.24) is 20.4 Å².